The van der Waals surface area contributed by atoms with E-state index in [2.05, 4.69) is 13.2 Å². The van der Waals surface area contributed by atoms with E-state index in [0.717, 1.165) is 13.0 Å². The Balaban J connectivity index is 2.57. The second kappa shape index (κ2) is 1.75. The third-order valence-electron chi connectivity index (χ3n) is 1.55. The summed E-state index contributed by atoms with van der Waals surface area (Å²) >= 11 is 0. The van der Waals surface area contributed by atoms with Crippen LogP contribution in [0.15, 0.2) is 25.3 Å². The van der Waals surface area contributed by atoms with Crippen molar-refractivity contribution in [2.45, 2.75) is 12.0 Å². The molecule has 0 radical (unpaired) electrons. The first kappa shape index (κ1) is 5.57. The Kier molecular flexibility index (Phi) is 1.22. The number of hydrogen-bond donors (Lipinski definition) is 0. The van der Waals surface area contributed by atoms with Gasteiger partial charge in [0.25, 0.3) is 0 Å². The molecule has 0 aromatic rings. The van der Waals surface area contributed by atoms with Crippen molar-refractivity contribution in [3.8, 4) is 0 Å². The van der Waals surface area contributed by atoms with Crippen molar-refractivity contribution in [3.63, 3.8) is 0 Å². The van der Waals surface area contributed by atoms with Crippen molar-refractivity contribution in [2.24, 2.45) is 0 Å². The molecule has 1 saturated heterocycles. The van der Waals surface area contributed by atoms with Gasteiger partial charge in [-0.1, -0.05) is 25.3 Å². The fraction of sp³-hybridized carbons (Fsp3) is 0.429. The zero-order valence-electron chi connectivity index (χ0n) is 4.89. The van der Waals surface area contributed by atoms with Crippen molar-refractivity contribution in [2.75, 3.05) is 6.61 Å². The molecular weight excluding hydrogens is 100 g/mol. The average molecular weight is 110 g/mol. The molecule has 0 unspecified atom stereocenters. The monoisotopic (exact) mass is 110 g/mol. The van der Waals surface area contributed by atoms with Gasteiger partial charge in [-0.15, -0.1) is 0 Å². The maximum Gasteiger partial charge on any atom is 0.106 e. The quantitative estimate of drug-likeness (QED) is 0.490. The molecule has 1 nitrogen and oxygen atoms in total. The summed E-state index contributed by atoms with van der Waals surface area (Å²) in [5.74, 6) is 0. The van der Waals surface area contributed by atoms with Gasteiger partial charge in [0.15, 0.2) is 0 Å². The maximum atomic E-state index is 5.18. The normalized spacial score (nSPS) is 23.5. The van der Waals surface area contributed by atoms with Crippen LogP contribution in [0.2, 0.25) is 0 Å². The zero-order valence-corrected chi connectivity index (χ0v) is 4.89. The van der Waals surface area contributed by atoms with Crippen LogP contribution in [0.4, 0.5) is 0 Å². The topological polar surface area (TPSA) is 9.23 Å². The Labute approximate surface area is 49.7 Å². The molecule has 0 spiro atoms. The highest BCUT2D eigenvalue weighted by atomic mass is 16.5. The molecule has 0 aromatic carbocycles. The van der Waals surface area contributed by atoms with Crippen LogP contribution in [0.3, 0.4) is 0 Å². The lowest BCUT2D eigenvalue weighted by Crippen LogP contribution is -2.39. The third-order valence-corrected chi connectivity index (χ3v) is 1.55. The molecule has 0 bridgehead atoms. The summed E-state index contributed by atoms with van der Waals surface area (Å²) < 4.78 is 5.18. The minimum absolute atomic E-state index is 0.167. The summed E-state index contributed by atoms with van der Waals surface area (Å²) in [6.45, 7) is 8.10. The molecule has 1 rings (SSSR count). The van der Waals surface area contributed by atoms with E-state index >= 15 is 0 Å². The lowest BCUT2D eigenvalue weighted by molar-refractivity contribution is -0.0768. The van der Waals surface area contributed by atoms with Gasteiger partial charge in [-0.25, -0.2) is 0 Å². The van der Waals surface area contributed by atoms with E-state index in [-0.39, 0.29) is 5.60 Å². The highest BCUT2D eigenvalue weighted by molar-refractivity contribution is 5.13. The van der Waals surface area contributed by atoms with Crippen LogP contribution in [0.5, 0.6) is 0 Å². The highest BCUT2D eigenvalue weighted by Gasteiger charge is 2.31. The Bertz CT molecular complexity index is 102. The van der Waals surface area contributed by atoms with Gasteiger partial charge in [-0.2, -0.15) is 0 Å². The van der Waals surface area contributed by atoms with Crippen LogP contribution in [0.1, 0.15) is 6.42 Å². The van der Waals surface area contributed by atoms with Gasteiger partial charge in [-0.3, -0.25) is 0 Å². The molecule has 8 heavy (non-hydrogen) atoms. The van der Waals surface area contributed by atoms with Gasteiger partial charge in [0, 0.05) is 6.42 Å². The van der Waals surface area contributed by atoms with Crippen LogP contribution < -0.4 is 0 Å². The van der Waals surface area contributed by atoms with Crippen LogP contribution in [0.25, 0.3) is 0 Å². The fourth-order valence-electron chi connectivity index (χ4n) is 0.743. The van der Waals surface area contributed by atoms with Crippen molar-refractivity contribution in [1.82, 2.24) is 0 Å². The first-order valence-electron chi connectivity index (χ1n) is 2.74. The zero-order chi connectivity index (χ0) is 6.04. The van der Waals surface area contributed by atoms with Crippen molar-refractivity contribution >= 4 is 0 Å². The highest BCUT2D eigenvalue weighted by Crippen LogP contribution is 2.27. The number of ether oxygens (including phenoxy) is 1. The molecule has 0 aliphatic carbocycles. The van der Waals surface area contributed by atoms with E-state index in [1.807, 2.05) is 0 Å². The Hall–Kier alpha value is -0.560. The van der Waals surface area contributed by atoms with Gasteiger partial charge in [-0.05, 0) is 0 Å². The maximum absolute atomic E-state index is 5.18. The molecule has 1 heterocycles. The van der Waals surface area contributed by atoms with E-state index in [1.165, 1.54) is 0 Å². The van der Waals surface area contributed by atoms with Crippen LogP contribution in [-0.4, -0.2) is 12.2 Å². The Morgan fingerprint density at radius 2 is 1.88 bits per heavy atom. The predicted octanol–water partition coefficient (Wildman–Crippen LogP) is 1.52. The molecular formula is C7H10O. The third kappa shape index (κ3) is 0.594. The summed E-state index contributed by atoms with van der Waals surface area (Å²) in [7, 11) is 0. The molecule has 1 aliphatic heterocycles. The first-order chi connectivity index (χ1) is 3.83. The standard InChI is InChI=1S/C7H10O/c1-3-7(4-2)5-6-8-7/h3-4H,1-2,5-6H2. The molecule has 1 aliphatic rings. The summed E-state index contributed by atoms with van der Waals surface area (Å²) in [6, 6.07) is 0. The minimum atomic E-state index is -0.167. The fourth-order valence-corrected chi connectivity index (χ4v) is 0.743. The van der Waals surface area contributed by atoms with E-state index in [1.54, 1.807) is 12.2 Å². The predicted molar refractivity (Wildman–Crippen MR) is 33.7 cm³/mol. The van der Waals surface area contributed by atoms with Crippen LogP contribution >= 0.6 is 0 Å². The lowest BCUT2D eigenvalue weighted by Gasteiger charge is -2.36. The Morgan fingerprint density at radius 1 is 1.38 bits per heavy atom. The molecule has 1 heteroatoms. The van der Waals surface area contributed by atoms with Crippen LogP contribution in [-0.2, 0) is 4.74 Å². The molecule has 0 aromatic heterocycles. The summed E-state index contributed by atoms with van der Waals surface area (Å²) in [4.78, 5) is 0. The van der Waals surface area contributed by atoms with Gasteiger partial charge in [0.2, 0.25) is 0 Å². The largest absolute Gasteiger partial charge is 0.367 e. The van der Waals surface area contributed by atoms with Gasteiger partial charge >= 0.3 is 0 Å². The average Bonchev–Trinajstić information content (AvgIpc) is 1.67. The van der Waals surface area contributed by atoms with E-state index in [9.17, 15) is 0 Å². The molecule has 0 atom stereocenters. The van der Waals surface area contributed by atoms with Crippen molar-refractivity contribution < 1.29 is 4.74 Å². The van der Waals surface area contributed by atoms with E-state index in [4.69, 9.17) is 4.74 Å². The molecule has 0 N–H and O–H groups in total. The number of hydrogen-bond acceptors (Lipinski definition) is 1. The molecule has 0 saturated carbocycles. The van der Waals surface area contributed by atoms with Gasteiger partial charge in [0.1, 0.15) is 5.60 Å². The summed E-state index contributed by atoms with van der Waals surface area (Å²) in [5.41, 5.74) is -0.167. The smallest absolute Gasteiger partial charge is 0.106 e. The Morgan fingerprint density at radius 3 is 1.88 bits per heavy atom. The van der Waals surface area contributed by atoms with Gasteiger partial charge < -0.3 is 4.74 Å². The van der Waals surface area contributed by atoms with Crippen molar-refractivity contribution in [1.29, 1.82) is 0 Å². The van der Waals surface area contributed by atoms with Gasteiger partial charge in [0.05, 0.1) is 6.61 Å². The molecule has 44 valence electrons. The molecule has 1 fully saturated rings. The van der Waals surface area contributed by atoms with E-state index in [0.29, 0.717) is 0 Å². The SMILES string of the molecule is C=CC1(C=C)CCO1. The first-order valence-corrected chi connectivity index (χ1v) is 2.74. The molecule has 0 amide bonds. The van der Waals surface area contributed by atoms with Crippen molar-refractivity contribution in [3.05, 3.63) is 25.3 Å². The second-order valence-corrected chi connectivity index (χ2v) is 1.96. The number of rotatable bonds is 2. The van der Waals surface area contributed by atoms with Crippen LogP contribution in [0, 0.1) is 0 Å². The van der Waals surface area contributed by atoms with E-state index < -0.39 is 0 Å². The summed E-state index contributed by atoms with van der Waals surface area (Å²) in [6.07, 6.45) is 4.63. The minimum Gasteiger partial charge on any atom is -0.367 e. The second-order valence-electron chi connectivity index (χ2n) is 1.96. The summed E-state index contributed by atoms with van der Waals surface area (Å²) in [5, 5.41) is 0. The lowest BCUT2D eigenvalue weighted by atomic mass is 9.96.